The van der Waals surface area contributed by atoms with Gasteiger partial charge >= 0.3 is 0 Å². The van der Waals surface area contributed by atoms with Gasteiger partial charge in [-0.3, -0.25) is 9.78 Å². The Morgan fingerprint density at radius 2 is 1.55 bits per heavy atom. The van der Waals surface area contributed by atoms with E-state index in [0.717, 1.165) is 71.0 Å². The Kier molecular flexibility index (Phi) is 14.2. The fourth-order valence-corrected chi connectivity index (χ4v) is 8.54. The minimum Gasteiger partial charge on any atom is -0.512 e. The van der Waals surface area contributed by atoms with Crippen molar-refractivity contribution in [3.05, 3.63) is 101 Å². The van der Waals surface area contributed by atoms with Crippen molar-refractivity contribution in [1.82, 2.24) is 4.98 Å². The van der Waals surface area contributed by atoms with E-state index >= 15 is 0 Å². The third-order valence-corrected chi connectivity index (χ3v) is 13.1. The molecule has 0 saturated carbocycles. The summed E-state index contributed by atoms with van der Waals surface area (Å²) in [5, 5.41) is 14.8. The van der Waals surface area contributed by atoms with Crippen LogP contribution in [0.5, 0.6) is 0 Å². The molecule has 0 saturated heterocycles. The van der Waals surface area contributed by atoms with Crippen LogP contribution in [0.1, 0.15) is 118 Å². The van der Waals surface area contributed by atoms with Crippen molar-refractivity contribution in [3.63, 3.8) is 0 Å². The molecule has 0 bridgehead atoms. The third kappa shape index (κ3) is 9.19. The molecule has 6 aromatic rings. The number of thiophene rings is 1. The van der Waals surface area contributed by atoms with E-state index in [-0.39, 0.29) is 47.9 Å². The number of nitrogens with zero attached hydrogens (tertiary/aromatic N) is 1. The topological polar surface area (TPSA) is 63.3 Å². The van der Waals surface area contributed by atoms with Crippen LogP contribution < -0.4 is 0 Å². The Bertz CT molecular complexity index is 2290. The number of rotatable bonds is 11. The molecular weight excluding hydrogens is 875 g/mol. The molecule has 0 unspecified atom stereocenters. The van der Waals surface area contributed by atoms with E-state index in [4.69, 9.17) is 9.40 Å². The standard InChI is InChI=1S/C34H32NOS.C15H28O2.Ir/c1-20(2)16-31-21(3)32-25(12-9-13-30(32)37-31)29-19-26-28(36-29)14-15-35-33(26)23-17-22-10-7-8-11-24(22)27(18-23)34(4,5)6;1-7-14(5,8-2)12(16)11-13(17)15(6,9-3)10-4;/h7-15,18-20H,16H2,1-6H3;11,16H,7-10H2,1-6H3;/q-1;;/b;12-11-;. The fourth-order valence-electron chi connectivity index (χ4n) is 7.09. The molecule has 0 amide bonds. The van der Waals surface area contributed by atoms with Gasteiger partial charge in [-0.2, -0.15) is 0 Å². The number of carbonyl (C=O) groups is 1. The van der Waals surface area contributed by atoms with Crippen molar-refractivity contribution in [2.24, 2.45) is 16.7 Å². The van der Waals surface area contributed by atoms with Gasteiger partial charge in [0, 0.05) is 74.8 Å². The van der Waals surface area contributed by atoms with Crippen molar-refractivity contribution in [2.45, 2.75) is 121 Å². The van der Waals surface area contributed by atoms with E-state index in [1.54, 1.807) is 0 Å². The SMILES string of the molecule is CCC(C)(CC)C(=O)/C=C(\O)C(C)(CC)CC.Cc1c(CC(C)C)sc2cccc(-c3cc4c(-c5[c-]c6ccccc6c(C(C)(C)C)c5)nccc4o3)c12.[Ir]. The van der Waals surface area contributed by atoms with Crippen molar-refractivity contribution in [2.75, 3.05) is 0 Å². The molecule has 0 aliphatic carbocycles. The zero-order valence-electron chi connectivity index (χ0n) is 35.0. The summed E-state index contributed by atoms with van der Waals surface area (Å²) in [5.41, 5.74) is 6.00. The number of pyridine rings is 1. The second-order valence-corrected chi connectivity index (χ2v) is 18.1. The van der Waals surface area contributed by atoms with Crippen molar-refractivity contribution in [1.29, 1.82) is 0 Å². The van der Waals surface area contributed by atoms with E-state index in [1.165, 1.54) is 37.6 Å². The monoisotopic (exact) mass is 935 g/mol. The Morgan fingerprint density at radius 3 is 2.16 bits per heavy atom. The largest absolute Gasteiger partial charge is 0.512 e. The summed E-state index contributed by atoms with van der Waals surface area (Å²) in [5.74, 6) is 1.81. The first-order chi connectivity index (χ1) is 25.5. The smallest absolute Gasteiger partial charge is 0.164 e. The summed E-state index contributed by atoms with van der Waals surface area (Å²) in [6.45, 7) is 25.7. The van der Waals surface area contributed by atoms with E-state index in [9.17, 15) is 9.90 Å². The number of benzene rings is 3. The minimum atomic E-state index is -0.337. The molecule has 0 atom stereocenters. The number of aliphatic hydroxyl groups excluding tert-OH is 1. The van der Waals surface area contributed by atoms with E-state index in [0.29, 0.717) is 5.92 Å². The Labute approximate surface area is 347 Å². The molecule has 0 fully saturated rings. The van der Waals surface area contributed by atoms with Crippen molar-refractivity contribution in [3.8, 4) is 22.6 Å². The molecule has 295 valence electrons. The van der Waals surface area contributed by atoms with Gasteiger partial charge < -0.3 is 9.52 Å². The fraction of sp³-hybridized carbons (Fsp3) is 0.429. The first kappa shape index (κ1) is 44.1. The first-order valence-electron chi connectivity index (χ1n) is 19.8. The summed E-state index contributed by atoms with van der Waals surface area (Å²) in [6, 6.07) is 25.1. The van der Waals surface area contributed by atoms with Crippen LogP contribution in [0.2, 0.25) is 0 Å². The summed E-state index contributed by atoms with van der Waals surface area (Å²) in [7, 11) is 0. The minimum absolute atomic E-state index is 0. The van der Waals surface area contributed by atoms with Gasteiger partial charge in [-0.25, -0.2) is 0 Å². The second-order valence-electron chi connectivity index (χ2n) is 16.9. The number of furan rings is 1. The van der Waals surface area contributed by atoms with Gasteiger partial charge in [-0.1, -0.05) is 117 Å². The van der Waals surface area contributed by atoms with Gasteiger partial charge in [0.05, 0.1) is 0 Å². The van der Waals surface area contributed by atoms with Crippen LogP contribution in [-0.2, 0) is 36.7 Å². The zero-order valence-corrected chi connectivity index (χ0v) is 38.2. The van der Waals surface area contributed by atoms with Gasteiger partial charge in [0.15, 0.2) is 5.78 Å². The zero-order chi connectivity index (χ0) is 39.6. The van der Waals surface area contributed by atoms with Gasteiger partial charge in [0.2, 0.25) is 0 Å². The van der Waals surface area contributed by atoms with Gasteiger partial charge in [0.1, 0.15) is 17.1 Å². The number of ketones is 1. The maximum Gasteiger partial charge on any atom is 0.164 e. The van der Waals surface area contributed by atoms with E-state index < -0.39 is 0 Å². The summed E-state index contributed by atoms with van der Waals surface area (Å²) < 4.78 is 7.83. The average molecular weight is 935 g/mol. The Hall–Kier alpha value is -3.57. The normalized spacial score (nSPS) is 12.6. The molecule has 3 aromatic carbocycles. The Morgan fingerprint density at radius 1 is 0.891 bits per heavy atom. The molecule has 1 N–H and O–H groups in total. The van der Waals surface area contributed by atoms with Crippen LogP contribution in [0.3, 0.4) is 0 Å². The summed E-state index contributed by atoms with van der Waals surface area (Å²) >= 11 is 1.91. The van der Waals surface area contributed by atoms with Gasteiger partial charge in [-0.15, -0.1) is 40.5 Å². The third-order valence-electron chi connectivity index (χ3n) is 11.8. The number of fused-ring (bicyclic) bond motifs is 3. The molecule has 1 radical (unpaired) electrons. The number of hydrogen-bond acceptors (Lipinski definition) is 5. The van der Waals surface area contributed by atoms with Gasteiger partial charge in [0.25, 0.3) is 0 Å². The number of allylic oxidation sites excluding steroid dienone is 2. The summed E-state index contributed by atoms with van der Waals surface area (Å²) in [4.78, 5) is 18.5. The predicted molar refractivity (Wildman–Crippen MR) is 232 cm³/mol. The van der Waals surface area contributed by atoms with Crippen molar-refractivity contribution < 1.29 is 34.4 Å². The molecule has 55 heavy (non-hydrogen) atoms. The van der Waals surface area contributed by atoms with Crippen LogP contribution in [0.15, 0.2) is 83.1 Å². The Balaban J connectivity index is 0.000000320. The maximum absolute atomic E-state index is 12.2. The average Bonchev–Trinajstić information content (AvgIpc) is 3.73. The quantitative estimate of drug-likeness (QED) is 0.0799. The van der Waals surface area contributed by atoms with Crippen LogP contribution in [0, 0.1) is 29.7 Å². The van der Waals surface area contributed by atoms with Crippen LogP contribution in [0.4, 0.5) is 0 Å². The number of aromatic nitrogens is 1. The number of aliphatic hydroxyl groups is 1. The molecule has 4 nitrogen and oxygen atoms in total. The molecule has 6 rings (SSSR count). The molecule has 0 aliphatic heterocycles. The van der Waals surface area contributed by atoms with Crippen LogP contribution in [-0.4, -0.2) is 15.9 Å². The van der Waals surface area contributed by atoms with E-state index in [1.807, 2.05) is 65.1 Å². The van der Waals surface area contributed by atoms with Crippen LogP contribution >= 0.6 is 11.3 Å². The summed E-state index contributed by atoms with van der Waals surface area (Å²) in [6.07, 6.45) is 7.71. The van der Waals surface area contributed by atoms with Gasteiger partial charge in [-0.05, 0) is 74.1 Å². The first-order valence-corrected chi connectivity index (χ1v) is 20.6. The van der Waals surface area contributed by atoms with Crippen LogP contribution in [0.25, 0.3) is 54.4 Å². The maximum atomic E-state index is 12.2. The molecule has 0 aliphatic rings. The molecule has 0 spiro atoms. The number of hydrogen-bond donors (Lipinski definition) is 1. The predicted octanol–water partition coefficient (Wildman–Crippen LogP) is 14.8. The molecular formula is C49H60IrNO3S-. The molecule has 6 heteroatoms. The number of aryl methyl sites for hydroxylation is 1. The number of carbonyl (C=O) groups excluding carboxylic acids is 1. The molecule has 3 aromatic heterocycles. The van der Waals surface area contributed by atoms with Crippen molar-refractivity contribution >= 4 is 48.9 Å². The van der Waals surface area contributed by atoms with E-state index in [2.05, 4.69) is 102 Å². The second kappa shape index (κ2) is 17.7. The molecule has 3 heterocycles.